The molecule has 1 aromatic rings. The molecule has 0 saturated carbocycles. The van der Waals surface area contributed by atoms with E-state index in [1.54, 1.807) is 6.07 Å². The van der Waals surface area contributed by atoms with Crippen molar-refractivity contribution in [2.45, 2.75) is 25.7 Å². The summed E-state index contributed by atoms with van der Waals surface area (Å²) in [4.78, 5) is 23.2. The van der Waals surface area contributed by atoms with E-state index in [-0.39, 0.29) is 12.2 Å². The quantitative estimate of drug-likeness (QED) is 0.653. The van der Waals surface area contributed by atoms with Gasteiger partial charge < -0.3 is 15.2 Å². The number of nitrogens with one attached hydrogen (secondary N) is 1. The molecule has 0 spiro atoms. The minimum absolute atomic E-state index is 0.0931. The first kappa shape index (κ1) is 17.0. The third-order valence-corrected chi connectivity index (χ3v) is 2.67. The Morgan fingerprint density at radius 3 is 2.33 bits per heavy atom. The van der Waals surface area contributed by atoms with Gasteiger partial charge in [0.25, 0.3) is 5.91 Å². The number of carbonyl (C=O) groups is 2. The first-order chi connectivity index (χ1) is 9.63. The maximum absolute atomic E-state index is 12.9. The van der Waals surface area contributed by atoms with Gasteiger partial charge >= 0.3 is 17.9 Å². The first-order valence-corrected chi connectivity index (χ1v) is 5.98. The molecule has 1 rings (SSSR count). The Balaban J connectivity index is 3.11. The first-order valence-electron chi connectivity index (χ1n) is 5.98. The maximum atomic E-state index is 12.9. The van der Waals surface area contributed by atoms with Gasteiger partial charge in [-0.1, -0.05) is 18.2 Å². The molecule has 0 radical (unpaired) electrons. The van der Waals surface area contributed by atoms with Gasteiger partial charge in [0.2, 0.25) is 0 Å². The van der Waals surface area contributed by atoms with E-state index >= 15 is 0 Å². The fourth-order valence-electron chi connectivity index (χ4n) is 1.53. The van der Waals surface area contributed by atoms with Gasteiger partial charge in [-0.15, -0.1) is 0 Å². The lowest BCUT2D eigenvalue weighted by Crippen LogP contribution is -2.64. The van der Waals surface area contributed by atoms with Crippen LogP contribution in [0.2, 0.25) is 0 Å². The molecule has 1 aromatic carbocycles. The number of hydrogen-bond acceptors (Lipinski definition) is 4. The van der Waals surface area contributed by atoms with E-state index in [2.05, 4.69) is 4.74 Å². The van der Waals surface area contributed by atoms with E-state index in [9.17, 15) is 27.9 Å². The molecule has 0 aromatic heterocycles. The summed E-state index contributed by atoms with van der Waals surface area (Å²) in [5.74, 6) is -3.22. The lowest BCUT2D eigenvalue weighted by molar-refractivity contribution is -0.269. The summed E-state index contributed by atoms with van der Waals surface area (Å²) >= 11 is 0. The van der Waals surface area contributed by atoms with Crippen molar-refractivity contribution in [2.24, 2.45) is 0 Å². The Kier molecular flexibility index (Phi) is 4.95. The standard InChI is InChI=1S/C13H14F3NO4/c1-3-21-11(19)12(20,13(14,15)16)17-10(18)9-7-5-4-6-8(9)2/h4-7,20H,3H2,1-2H3,(H,17,18). The molecular formula is C13H14F3NO4. The Hall–Kier alpha value is -2.09. The van der Waals surface area contributed by atoms with Crippen LogP contribution >= 0.6 is 0 Å². The molecule has 0 aliphatic carbocycles. The summed E-state index contributed by atoms with van der Waals surface area (Å²) in [6.07, 6.45) is -5.42. The van der Waals surface area contributed by atoms with Gasteiger partial charge in [-0.25, -0.2) is 4.79 Å². The van der Waals surface area contributed by atoms with E-state index < -0.39 is 23.8 Å². The van der Waals surface area contributed by atoms with Crippen LogP contribution in [-0.2, 0) is 9.53 Å². The second-order valence-electron chi connectivity index (χ2n) is 4.20. The van der Waals surface area contributed by atoms with Gasteiger partial charge in [0.1, 0.15) is 0 Å². The van der Waals surface area contributed by atoms with E-state index in [0.717, 1.165) is 0 Å². The van der Waals surface area contributed by atoms with Crippen LogP contribution < -0.4 is 5.32 Å². The van der Waals surface area contributed by atoms with E-state index in [1.165, 1.54) is 37.4 Å². The Morgan fingerprint density at radius 2 is 1.86 bits per heavy atom. The summed E-state index contributed by atoms with van der Waals surface area (Å²) in [5, 5.41) is 10.8. The largest absolute Gasteiger partial charge is 0.462 e. The summed E-state index contributed by atoms with van der Waals surface area (Å²) in [6, 6.07) is 5.81. The van der Waals surface area contributed by atoms with Crippen LogP contribution in [0.5, 0.6) is 0 Å². The van der Waals surface area contributed by atoms with Crippen molar-refractivity contribution in [1.29, 1.82) is 0 Å². The number of ether oxygens (including phenoxy) is 1. The van der Waals surface area contributed by atoms with Gasteiger partial charge in [0.15, 0.2) is 0 Å². The number of carbonyl (C=O) groups excluding carboxylic acids is 2. The molecule has 0 bridgehead atoms. The highest BCUT2D eigenvalue weighted by Crippen LogP contribution is 2.30. The lowest BCUT2D eigenvalue weighted by Gasteiger charge is -2.28. The zero-order chi connectivity index (χ0) is 16.3. The Morgan fingerprint density at radius 1 is 1.29 bits per heavy atom. The zero-order valence-electron chi connectivity index (χ0n) is 11.3. The molecule has 0 heterocycles. The van der Waals surface area contributed by atoms with Gasteiger partial charge in [-0.3, -0.25) is 4.79 Å². The van der Waals surface area contributed by atoms with Crippen LogP contribution in [0.25, 0.3) is 0 Å². The molecule has 2 N–H and O–H groups in total. The normalized spacial score (nSPS) is 14.2. The van der Waals surface area contributed by atoms with Crippen molar-refractivity contribution in [1.82, 2.24) is 5.32 Å². The van der Waals surface area contributed by atoms with E-state index in [1.807, 2.05) is 0 Å². The van der Waals surface area contributed by atoms with Crippen LogP contribution in [0.4, 0.5) is 13.2 Å². The summed E-state index contributed by atoms with van der Waals surface area (Å²) in [7, 11) is 0. The molecule has 0 aliphatic rings. The van der Waals surface area contributed by atoms with Crippen molar-refractivity contribution >= 4 is 11.9 Å². The van der Waals surface area contributed by atoms with E-state index in [4.69, 9.17) is 0 Å². The molecule has 5 nitrogen and oxygen atoms in total. The molecule has 21 heavy (non-hydrogen) atoms. The molecule has 116 valence electrons. The molecule has 1 unspecified atom stereocenters. The molecule has 1 amide bonds. The van der Waals surface area contributed by atoms with Crippen molar-refractivity contribution in [3.63, 3.8) is 0 Å². The summed E-state index contributed by atoms with van der Waals surface area (Å²) in [5.41, 5.74) is -3.80. The molecule has 0 saturated heterocycles. The van der Waals surface area contributed by atoms with Gasteiger partial charge in [-0.05, 0) is 25.5 Å². The molecule has 1 atom stereocenters. The fraction of sp³-hybridized carbons (Fsp3) is 0.385. The number of hydrogen-bond donors (Lipinski definition) is 2. The third-order valence-electron chi connectivity index (χ3n) is 2.67. The number of alkyl halides is 3. The minimum atomic E-state index is -5.42. The SMILES string of the molecule is CCOC(=O)C(O)(NC(=O)c1ccccc1C)C(F)(F)F. The topological polar surface area (TPSA) is 75.6 Å². The monoisotopic (exact) mass is 305 g/mol. The number of aryl methyl sites for hydroxylation is 1. The molecule has 8 heteroatoms. The predicted octanol–water partition coefficient (Wildman–Crippen LogP) is 1.54. The zero-order valence-corrected chi connectivity index (χ0v) is 11.3. The molecule has 0 fully saturated rings. The van der Waals surface area contributed by atoms with Crippen molar-refractivity contribution in [3.05, 3.63) is 35.4 Å². The average Bonchev–Trinajstić information content (AvgIpc) is 2.37. The second kappa shape index (κ2) is 6.13. The number of rotatable bonds is 4. The number of halogens is 3. The summed E-state index contributed by atoms with van der Waals surface area (Å²) < 4.78 is 42.8. The highest BCUT2D eigenvalue weighted by molar-refractivity contribution is 5.98. The second-order valence-corrected chi connectivity index (χ2v) is 4.20. The Bertz CT molecular complexity index is 544. The third kappa shape index (κ3) is 3.52. The number of amides is 1. The molecule has 0 aliphatic heterocycles. The fourth-order valence-corrected chi connectivity index (χ4v) is 1.53. The smallest absolute Gasteiger partial charge is 0.448 e. The maximum Gasteiger partial charge on any atom is 0.448 e. The van der Waals surface area contributed by atoms with Crippen LogP contribution in [0, 0.1) is 6.92 Å². The van der Waals surface area contributed by atoms with Gasteiger partial charge in [-0.2, -0.15) is 13.2 Å². The number of esters is 1. The Labute approximate surface area is 118 Å². The van der Waals surface area contributed by atoms with Crippen molar-refractivity contribution in [2.75, 3.05) is 6.61 Å². The minimum Gasteiger partial charge on any atom is -0.462 e. The van der Waals surface area contributed by atoms with E-state index in [0.29, 0.717) is 5.56 Å². The predicted molar refractivity (Wildman–Crippen MR) is 66.3 cm³/mol. The van der Waals surface area contributed by atoms with Crippen LogP contribution in [-0.4, -0.2) is 35.5 Å². The van der Waals surface area contributed by atoms with Crippen LogP contribution in [0.1, 0.15) is 22.8 Å². The number of benzene rings is 1. The van der Waals surface area contributed by atoms with Crippen molar-refractivity contribution in [3.8, 4) is 0 Å². The average molecular weight is 305 g/mol. The number of aliphatic hydroxyl groups is 1. The highest BCUT2D eigenvalue weighted by Gasteiger charge is 2.62. The van der Waals surface area contributed by atoms with Gasteiger partial charge in [0, 0.05) is 5.56 Å². The van der Waals surface area contributed by atoms with Crippen LogP contribution in [0.15, 0.2) is 24.3 Å². The highest BCUT2D eigenvalue weighted by atomic mass is 19.4. The molecular weight excluding hydrogens is 291 g/mol. The van der Waals surface area contributed by atoms with Gasteiger partial charge in [0.05, 0.1) is 6.61 Å². The summed E-state index contributed by atoms with van der Waals surface area (Å²) in [6.45, 7) is 2.40. The van der Waals surface area contributed by atoms with Crippen LogP contribution in [0.3, 0.4) is 0 Å². The van der Waals surface area contributed by atoms with Crippen molar-refractivity contribution < 1.29 is 32.6 Å². The lowest BCUT2D eigenvalue weighted by atomic mass is 10.1.